The summed E-state index contributed by atoms with van der Waals surface area (Å²) in [6.45, 7) is 6.07. The molecule has 1 nitrogen and oxygen atoms in total. The van der Waals surface area contributed by atoms with Crippen LogP contribution in [-0.2, 0) is 0 Å². The molecule has 3 rings (SSSR count). The third-order valence-electron chi connectivity index (χ3n) is 4.61. The minimum atomic E-state index is 0.745. The highest BCUT2D eigenvalue weighted by Crippen LogP contribution is 2.40. The van der Waals surface area contributed by atoms with E-state index >= 15 is 0 Å². The zero-order valence-corrected chi connectivity index (χ0v) is 12.2. The maximum absolute atomic E-state index is 2.75. The van der Waals surface area contributed by atoms with Crippen molar-refractivity contribution in [2.24, 2.45) is 0 Å². The van der Waals surface area contributed by atoms with Gasteiger partial charge in [-0.1, -0.05) is 24.6 Å². The number of rotatable bonds is 2. The van der Waals surface area contributed by atoms with E-state index < -0.39 is 0 Å². The molecule has 0 radical (unpaired) electrons. The number of hydrogen-bond donors (Lipinski definition) is 0. The fourth-order valence-corrected chi connectivity index (χ4v) is 4.71. The minimum absolute atomic E-state index is 0.745. The second-order valence-electron chi connectivity index (χ2n) is 5.87. The first kappa shape index (κ1) is 12.6. The third-order valence-corrected chi connectivity index (χ3v) is 5.86. The van der Waals surface area contributed by atoms with Gasteiger partial charge in [-0.05, 0) is 38.3 Å². The summed E-state index contributed by atoms with van der Waals surface area (Å²) in [5, 5.41) is 0. The van der Waals surface area contributed by atoms with Gasteiger partial charge >= 0.3 is 0 Å². The van der Waals surface area contributed by atoms with Crippen molar-refractivity contribution in [2.45, 2.75) is 56.0 Å². The van der Waals surface area contributed by atoms with E-state index in [0.29, 0.717) is 0 Å². The molecule has 1 fully saturated rings. The van der Waals surface area contributed by atoms with Gasteiger partial charge in [0.1, 0.15) is 0 Å². The molecule has 0 amide bonds. The monoisotopic (exact) mass is 261 g/mol. The molecular formula is C16H23NS. The fourth-order valence-electron chi connectivity index (χ4n) is 3.47. The first-order valence-corrected chi connectivity index (χ1v) is 8.21. The van der Waals surface area contributed by atoms with E-state index in [9.17, 15) is 0 Å². The number of hydrogen-bond acceptors (Lipinski definition) is 2. The van der Waals surface area contributed by atoms with Crippen molar-refractivity contribution in [3.8, 4) is 0 Å². The summed E-state index contributed by atoms with van der Waals surface area (Å²) < 4.78 is 0. The lowest BCUT2D eigenvalue weighted by molar-refractivity contribution is 0.0981. The average molecular weight is 261 g/mol. The molecule has 2 heteroatoms. The molecule has 1 saturated heterocycles. The number of nitrogens with zero attached hydrogens (tertiary/aromatic N) is 1. The van der Waals surface area contributed by atoms with Gasteiger partial charge in [-0.15, -0.1) is 11.8 Å². The van der Waals surface area contributed by atoms with Gasteiger partial charge in [-0.2, -0.15) is 0 Å². The maximum atomic E-state index is 2.75. The topological polar surface area (TPSA) is 3.24 Å². The van der Waals surface area contributed by atoms with Crippen LogP contribution < -0.4 is 0 Å². The van der Waals surface area contributed by atoms with Gasteiger partial charge in [-0.3, -0.25) is 4.90 Å². The van der Waals surface area contributed by atoms with Crippen molar-refractivity contribution in [1.82, 2.24) is 4.90 Å². The summed E-state index contributed by atoms with van der Waals surface area (Å²) in [6.07, 6.45) is 4.17. The molecule has 18 heavy (non-hydrogen) atoms. The third kappa shape index (κ3) is 2.33. The zero-order chi connectivity index (χ0) is 12.5. The van der Waals surface area contributed by atoms with Gasteiger partial charge in [0, 0.05) is 35.2 Å². The number of piperidine rings is 1. The summed E-state index contributed by atoms with van der Waals surface area (Å²) in [4.78, 5) is 4.26. The Labute approximate surface area is 115 Å². The van der Waals surface area contributed by atoms with Crippen molar-refractivity contribution in [3.63, 3.8) is 0 Å². The zero-order valence-electron chi connectivity index (χ0n) is 11.4. The summed E-state index contributed by atoms with van der Waals surface area (Å²) in [7, 11) is 0. The standard InChI is InChI=1S/C16H23NS/c1-12-6-5-7-13(2)17(12)10-14-11-18-16-9-4-3-8-15(14)16/h3-4,8-9,12-14H,5-7,10-11H2,1-2H3/t12-,13+,14?. The Morgan fingerprint density at radius 1 is 1.17 bits per heavy atom. The Balaban J connectivity index is 1.74. The normalized spacial score (nSPS) is 32.4. The van der Waals surface area contributed by atoms with E-state index in [4.69, 9.17) is 0 Å². The van der Waals surface area contributed by atoms with Crippen LogP contribution in [0.4, 0.5) is 0 Å². The first-order chi connectivity index (χ1) is 8.75. The highest BCUT2D eigenvalue weighted by molar-refractivity contribution is 7.99. The molecule has 0 spiro atoms. The Bertz CT molecular complexity index is 407. The van der Waals surface area contributed by atoms with E-state index in [-0.39, 0.29) is 0 Å². The number of thioether (sulfide) groups is 1. The van der Waals surface area contributed by atoms with Crippen molar-refractivity contribution in [2.75, 3.05) is 12.3 Å². The molecule has 1 unspecified atom stereocenters. The minimum Gasteiger partial charge on any atom is -0.297 e. The molecular weight excluding hydrogens is 238 g/mol. The predicted molar refractivity (Wildman–Crippen MR) is 79.4 cm³/mol. The molecule has 0 saturated carbocycles. The van der Waals surface area contributed by atoms with E-state index in [2.05, 4.69) is 43.0 Å². The molecule has 2 heterocycles. The van der Waals surface area contributed by atoms with Crippen LogP contribution in [0.2, 0.25) is 0 Å². The Morgan fingerprint density at radius 2 is 1.89 bits per heavy atom. The van der Waals surface area contributed by atoms with Crippen molar-refractivity contribution >= 4 is 11.8 Å². The average Bonchev–Trinajstić information content (AvgIpc) is 2.77. The maximum Gasteiger partial charge on any atom is 0.0108 e. The molecule has 1 aromatic carbocycles. The summed E-state index contributed by atoms with van der Waals surface area (Å²) in [5.41, 5.74) is 1.59. The summed E-state index contributed by atoms with van der Waals surface area (Å²) >= 11 is 2.04. The molecule has 2 aliphatic rings. The van der Waals surface area contributed by atoms with Crippen LogP contribution in [0.25, 0.3) is 0 Å². The van der Waals surface area contributed by atoms with Crippen molar-refractivity contribution < 1.29 is 0 Å². The predicted octanol–water partition coefficient (Wildman–Crippen LogP) is 4.14. The van der Waals surface area contributed by atoms with Crippen LogP contribution in [0.1, 0.15) is 44.6 Å². The molecule has 0 bridgehead atoms. The molecule has 2 aliphatic heterocycles. The van der Waals surface area contributed by atoms with Gasteiger partial charge in [0.05, 0.1) is 0 Å². The lowest BCUT2D eigenvalue weighted by Gasteiger charge is -2.40. The molecule has 0 aromatic heterocycles. The molecule has 0 N–H and O–H groups in total. The van der Waals surface area contributed by atoms with Crippen LogP contribution in [-0.4, -0.2) is 29.3 Å². The first-order valence-electron chi connectivity index (χ1n) is 7.23. The Kier molecular flexibility index (Phi) is 3.67. The van der Waals surface area contributed by atoms with E-state index in [1.54, 1.807) is 5.56 Å². The highest BCUT2D eigenvalue weighted by Gasteiger charge is 2.30. The van der Waals surface area contributed by atoms with Crippen molar-refractivity contribution in [1.29, 1.82) is 0 Å². The van der Waals surface area contributed by atoms with Crippen LogP contribution in [0.3, 0.4) is 0 Å². The Morgan fingerprint density at radius 3 is 2.67 bits per heavy atom. The number of benzene rings is 1. The Hall–Kier alpha value is -0.470. The van der Waals surface area contributed by atoms with Crippen LogP contribution in [0.5, 0.6) is 0 Å². The van der Waals surface area contributed by atoms with Gasteiger partial charge < -0.3 is 0 Å². The SMILES string of the molecule is C[C@@H]1CCC[C@H](C)N1CC1CSc2ccccc21. The van der Waals surface area contributed by atoms with Gasteiger partial charge in [0.2, 0.25) is 0 Å². The van der Waals surface area contributed by atoms with Crippen LogP contribution >= 0.6 is 11.8 Å². The quantitative estimate of drug-likeness (QED) is 0.787. The van der Waals surface area contributed by atoms with Crippen LogP contribution in [0.15, 0.2) is 29.2 Å². The lowest BCUT2D eigenvalue weighted by Crippen LogP contribution is -2.45. The summed E-state index contributed by atoms with van der Waals surface area (Å²) in [6, 6.07) is 10.5. The van der Waals surface area contributed by atoms with Crippen LogP contribution in [0, 0.1) is 0 Å². The second kappa shape index (κ2) is 5.26. The van der Waals surface area contributed by atoms with Gasteiger partial charge in [0.25, 0.3) is 0 Å². The van der Waals surface area contributed by atoms with E-state index in [1.807, 2.05) is 11.8 Å². The molecule has 0 aliphatic carbocycles. The van der Waals surface area contributed by atoms with E-state index in [0.717, 1.165) is 18.0 Å². The van der Waals surface area contributed by atoms with Gasteiger partial charge in [-0.25, -0.2) is 0 Å². The van der Waals surface area contributed by atoms with Crippen molar-refractivity contribution in [3.05, 3.63) is 29.8 Å². The van der Waals surface area contributed by atoms with Gasteiger partial charge in [0.15, 0.2) is 0 Å². The second-order valence-corrected chi connectivity index (χ2v) is 6.93. The number of fused-ring (bicyclic) bond motifs is 1. The van der Waals surface area contributed by atoms with E-state index in [1.165, 1.54) is 36.5 Å². The molecule has 98 valence electrons. The molecule has 3 atom stereocenters. The fraction of sp³-hybridized carbons (Fsp3) is 0.625. The lowest BCUT2D eigenvalue weighted by atomic mass is 9.93. The molecule has 1 aromatic rings. The highest BCUT2D eigenvalue weighted by atomic mass is 32.2. The largest absolute Gasteiger partial charge is 0.297 e. The summed E-state index contributed by atoms with van der Waals surface area (Å²) in [5.74, 6) is 2.02. The smallest absolute Gasteiger partial charge is 0.0108 e. The number of likely N-dealkylation sites (tertiary alicyclic amines) is 1.